The number of fused-ring (bicyclic) bond motifs is 3. The van der Waals surface area contributed by atoms with Gasteiger partial charge in [0, 0.05) is 11.5 Å². The number of hydrogen-bond donors (Lipinski definition) is 2. The molecule has 0 bridgehead atoms. The molecular formula is C21H26N3O2S2+. The van der Waals surface area contributed by atoms with Gasteiger partial charge >= 0.3 is 0 Å². The number of nitrogens with zero attached hydrogens (tertiary/aromatic N) is 1. The predicted octanol–water partition coefficient (Wildman–Crippen LogP) is 2.69. The third kappa shape index (κ3) is 3.81. The van der Waals surface area contributed by atoms with Gasteiger partial charge in [-0.1, -0.05) is 6.07 Å². The average Bonchev–Trinajstić information content (AvgIpc) is 3.41. The van der Waals surface area contributed by atoms with Gasteiger partial charge in [-0.2, -0.15) is 0 Å². The van der Waals surface area contributed by atoms with Crippen molar-refractivity contribution in [2.75, 3.05) is 13.2 Å². The molecule has 7 heteroatoms. The van der Waals surface area contributed by atoms with Crippen LogP contribution in [-0.4, -0.2) is 29.2 Å². The minimum absolute atomic E-state index is 0.0481. The topological polar surface area (TPSA) is 59.4 Å². The monoisotopic (exact) mass is 416 g/mol. The summed E-state index contributed by atoms with van der Waals surface area (Å²) < 4.78 is 5.88. The van der Waals surface area contributed by atoms with Crippen molar-refractivity contribution >= 4 is 32.9 Å². The Kier molecular flexibility index (Phi) is 5.32. The molecule has 0 spiro atoms. The van der Waals surface area contributed by atoms with E-state index in [2.05, 4.69) is 22.5 Å². The number of quaternary nitrogens is 1. The molecule has 0 radical (unpaired) electrons. The molecule has 5 rings (SSSR count). The van der Waals surface area contributed by atoms with Crippen LogP contribution >= 0.6 is 22.7 Å². The van der Waals surface area contributed by atoms with Crippen molar-refractivity contribution in [3.63, 3.8) is 0 Å². The maximum absolute atomic E-state index is 12.9. The third-order valence-corrected chi connectivity index (χ3v) is 7.90. The molecule has 1 fully saturated rings. The van der Waals surface area contributed by atoms with Crippen molar-refractivity contribution in [3.8, 4) is 0 Å². The Labute approximate surface area is 172 Å². The lowest BCUT2D eigenvalue weighted by atomic mass is 9.97. The molecule has 0 aromatic carbocycles. The lowest BCUT2D eigenvalue weighted by Gasteiger charge is -2.21. The normalized spacial score (nSPS) is 20.5. The van der Waals surface area contributed by atoms with E-state index in [1.54, 1.807) is 22.7 Å². The van der Waals surface area contributed by atoms with Crippen LogP contribution in [0.3, 0.4) is 0 Å². The fraction of sp³-hybridized carbons (Fsp3) is 0.524. The molecule has 4 heterocycles. The largest absolute Gasteiger partial charge is 0.372 e. The molecule has 1 aliphatic carbocycles. The van der Waals surface area contributed by atoms with E-state index in [1.165, 1.54) is 33.1 Å². The molecule has 28 heavy (non-hydrogen) atoms. The van der Waals surface area contributed by atoms with Crippen LogP contribution in [0.1, 0.15) is 46.8 Å². The second kappa shape index (κ2) is 8.06. The van der Waals surface area contributed by atoms with Crippen molar-refractivity contribution in [1.29, 1.82) is 0 Å². The second-order valence-electron chi connectivity index (χ2n) is 7.93. The van der Waals surface area contributed by atoms with E-state index in [4.69, 9.17) is 9.72 Å². The van der Waals surface area contributed by atoms with Crippen LogP contribution in [0.4, 0.5) is 0 Å². The zero-order chi connectivity index (χ0) is 18.9. The zero-order valence-corrected chi connectivity index (χ0v) is 17.6. The number of H-pyrrole nitrogens is 1. The van der Waals surface area contributed by atoms with Gasteiger partial charge in [-0.25, -0.2) is 4.98 Å². The minimum Gasteiger partial charge on any atom is -0.372 e. The van der Waals surface area contributed by atoms with Crippen LogP contribution < -0.4 is 10.5 Å². The van der Waals surface area contributed by atoms with E-state index in [0.717, 1.165) is 68.0 Å². The summed E-state index contributed by atoms with van der Waals surface area (Å²) in [5, 5.41) is 2.98. The van der Waals surface area contributed by atoms with Gasteiger partial charge in [0.15, 0.2) is 5.82 Å². The number of hydrogen-bond acceptors (Lipinski definition) is 5. The van der Waals surface area contributed by atoms with Crippen LogP contribution in [0, 0.1) is 0 Å². The first-order chi connectivity index (χ1) is 13.8. The molecule has 0 saturated carbocycles. The third-order valence-electron chi connectivity index (χ3n) is 5.84. The Hall–Kier alpha value is -1.54. The van der Waals surface area contributed by atoms with E-state index >= 15 is 0 Å². The van der Waals surface area contributed by atoms with Gasteiger partial charge < -0.3 is 14.6 Å². The zero-order valence-electron chi connectivity index (χ0n) is 16.0. The Morgan fingerprint density at radius 3 is 3.00 bits per heavy atom. The SMILES string of the molecule is O=c1[nH]c(C[NH+](Cc2cccs2)C[C@@H]2CCCO2)nc2sc3c(c12)CCCC3. The van der Waals surface area contributed by atoms with Crippen LogP contribution in [0.5, 0.6) is 0 Å². The van der Waals surface area contributed by atoms with Gasteiger partial charge in [0.2, 0.25) is 0 Å². The quantitative estimate of drug-likeness (QED) is 0.650. The van der Waals surface area contributed by atoms with Gasteiger partial charge in [0.1, 0.15) is 30.6 Å². The van der Waals surface area contributed by atoms with Crippen molar-refractivity contribution in [2.24, 2.45) is 0 Å². The van der Waals surface area contributed by atoms with Crippen LogP contribution in [0.25, 0.3) is 10.2 Å². The van der Waals surface area contributed by atoms with Gasteiger partial charge in [0.05, 0.1) is 10.3 Å². The Balaban J connectivity index is 1.42. The average molecular weight is 417 g/mol. The summed E-state index contributed by atoms with van der Waals surface area (Å²) in [7, 11) is 0. The second-order valence-corrected chi connectivity index (χ2v) is 10.0. The molecule has 0 amide bonds. The number of aryl methyl sites for hydroxylation is 2. The molecule has 1 unspecified atom stereocenters. The molecule has 148 valence electrons. The van der Waals surface area contributed by atoms with Crippen molar-refractivity contribution < 1.29 is 9.64 Å². The number of ether oxygens (including phenoxy) is 1. The summed E-state index contributed by atoms with van der Waals surface area (Å²) in [5.74, 6) is 0.806. The predicted molar refractivity (Wildman–Crippen MR) is 113 cm³/mol. The summed E-state index contributed by atoms with van der Waals surface area (Å²) in [6.07, 6.45) is 7.13. The van der Waals surface area contributed by atoms with Gasteiger partial charge in [-0.15, -0.1) is 22.7 Å². The molecule has 3 aromatic rings. The van der Waals surface area contributed by atoms with E-state index in [1.807, 2.05) is 0 Å². The fourth-order valence-corrected chi connectivity index (χ4v) is 6.58. The summed E-state index contributed by atoms with van der Waals surface area (Å²) in [4.78, 5) is 25.9. The minimum atomic E-state index is 0.0481. The highest BCUT2D eigenvalue weighted by Gasteiger charge is 2.25. The standard InChI is InChI=1S/C21H25N3O2S2/c25-20-19-16-7-1-2-8-17(16)28-21(19)23-18(22-20)13-24(11-14-5-3-9-26-14)12-15-6-4-10-27-15/h4,6,10,14H,1-3,5,7-9,11-13H2,(H,22,23,25)/p+1/t14-/m0/s1. The molecular weight excluding hydrogens is 390 g/mol. The molecule has 2 aliphatic rings. The van der Waals surface area contributed by atoms with E-state index in [9.17, 15) is 4.79 Å². The lowest BCUT2D eigenvalue weighted by Crippen LogP contribution is -3.10. The first-order valence-corrected chi connectivity index (χ1v) is 12.0. The number of aromatic amines is 1. The van der Waals surface area contributed by atoms with Crippen molar-refractivity contribution in [3.05, 3.63) is 49.0 Å². The Morgan fingerprint density at radius 1 is 1.25 bits per heavy atom. The molecule has 5 nitrogen and oxygen atoms in total. The van der Waals surface area contributed by atoms with E-state index in [0.29, 0.717) is 6.10 Å². The highest BCUT2D eigenvalue weighted by atomic mass is 32.1. The number of rotatable bonds is 6. The first kappa shape index (κ1) is 18.5. The molecule has 3 aromatic heterocycles. The lowest BCUT2D eigenvalue weighted by molar-refractivity contribution is -0.930. The van der Waals surface area contributed by atoms with E-state index < -0.39 is 0 Å². The number of nitrogens with one attached hydrogen (secondary N) is 2. The molecule has 2 N–H and O–H groups in total. The van der Waals surface area contributed by atoms with Gasteiger partial charge in [-0.3, -0.25) is 4.79 Å². The summed E-state index contributed by atoms with van der Waals surface area (Å²) in [6.45, 7) is 3.51. The van der Waals surface area contributed by atoms with Gasteiger partial charge in [-0.05, 0) is 55.5 Å². The maximum Gasteiger partial charge on any atom is 0.260 e. The van der Waals surface area contributed by atoms with Crippen molar-refractivity contribution in [1.82, 2.24) is 9.97 Å². The summed E-state index contributed by atoms with van der Waals surface area (Å²) >= 11 is 3.52. The Morgan fingerprint density at radius 2 is 2.18 bits per heavy atom. The smallest absolute Gasteiger partial charge is 0.260 e. The Bertz CT molecular complexity index is 1000. The molecule has 1 aliphatic heterocycles. The summed E-state index contributed by atoms with van der Waals surface area (Å²) in [5.41, 5.74) is 1.31. The first-order valence-electron chi connectivity index (χ1n) is 10.3. The van der Waals surface area contributed by atoms with E-state index in [-0.39, 0.29) is 5.56 Å². The van der Waals surface area contributed by atoms with Crippen LogP contribution in [0.2, 0.25) is 0 Å². The number of aromatic nitrogens is 2. The fourth-order valence-electron chi connectivity index (χ4n) is 4.52. The highest BCUT2D eigenvalue weighted by Crippen LogP contribution is 2.33. The van der Waals surface area contributed by atoms with Crippen LogP contribution in [0.15, 0.2) is 22.3 Å². The van der Waals surface area contributed by atoms with Gasteiger partial charge in [0.25, 0.3) is 5.56 Å². The highest BCUT2D eigenvalue weighted by molar-refractivity contribution is 7.18. The summed E-state index contributed by atoms with van der Waals surface area (Å²) in [6, 6.07) is 4.29. The molecule has 2 atom stereocenters. The van der Waals surface area contributed by atoms with Crippen LogP contribution in [-0.2, 0) is 30.7 Å². The number of thiophene rings is 2. The maximum atomic E-state index is 12.9. The van der Waals surface area contributed by atoms with Crippen molar-refractivity contribution in [2.45, 2.75) is 57.7 Å². The molecule has 1 saturated heterocycles.